The molecule has 0 amide bonds. The molecule has 0 aromatic carbocycles. The van der Waals surface area contributed by atoms with Gasteiger partial charge in [0.25, 0.3) is 0 Å². The molecule has 0 heterocycles. The van der Waals surface area contributed by atoms with Gasteiger partial charge in [0.15, 0.2) is 0 Å². The highest BCUT2D eigenvalue weighted by atomic mass is 14.9. The van der Waals surface area contributed by atoms with Crippen LogP contribution in [0.1, 0.15) is 78.6 Å². The Balaban J connectivity index is 1.60. The van der Waals surface area contributed by atoms with Gasteiger partial charge in [-0.2, -0.15) is 0 Å². The molecule has 0 saturated heterocycles. The van der Waals surface area contributed by atoms with E-state index in [2.05, 4.69) is 26.1 Å². The predicted octanol–water partition coefficient (Wildman–Crippen LogP) is 5.01. The Bertz CT molecular complexity index is 240. The second-order valence-corrected chi connectivity index (χ2v) is 7.74. The predicted molar refractivity (Wildman–Crippen MR) is 84.3 cm³/mol. The molecule has 0 aliphatic heterocycles. The first-order chi connectivity index (χ1) is 9.15. The fraction of sp³-hybridized carbons (Fsp3) is 1.00. The maximum atomic E-state index is 3.86. The van der Waals surface area contributed by atoms with E-state index in [4.69, 9.17) is 0 Å². The monoisotopic (exact) mass is 265 g/mol. The molecule has 0 bridgehead atoms. The molecule has 0 aromatic heterocycles. The lowest BCUT2D eigenvalue weighted by Crippen LogP contribution is -2.36. The highest BCUT2D eigenvalue weighted by Crippen LogP contribution is 2.31. The topological polar surface area (TPSA) is 12.0 Å². The summed E-state index contributed by atoms with van der Waals surface area (Å²) in [6.45, 7) is 8.49. The summed E-state index contributed by atoms with van der Waals surface area (Å²) in [7, 11) is 0. The number of hydrogen-bond acceptors (Lipinski definition) is 1. The van der Waals surface area contributed by atoms with Crippen LogP contribution in [0.4, 0.5) is 0 Å². The summed E-state index contributed by atoms with van der Waals surface area (Å²) in [6, 6.07) is 0.823. The summed E-state index contributed by atoms with van der Waals surface area (Å²) in [6.07, 6.45) is 13.1. The molecule has 112 valence electrons. The minimum absolute atomic E-state index is 0.823. The van der Waals surface area contributed by atoms with Crippen LogP contribution >= 0.6 is 0 Å². The Labute approximate surface area is 120 Å². The van der Waals surface area contributed by atoms with Gasteiger partial charge in [-0.3, -0.25) is 0 Å². The lowest BCUT2D eigenvalue weighted by molar-refractivity contribution is 0.222. The van der Waals surface area contributed by atoms with E-state index in [1.54, 1.807) is 0 Å². The third-order valence-electron chi connectivity index (χ3n) is 5.78. The maximum Gasteiger partial charge on any atom is 0.00698 e. The first-order valence-corrected chi connectivity index (χ1v) is 8.88. The zero-order chi connectivity index (χ0) is 13.7. The molecule has 2 rings (SSSR count). The largest absolute Gasteiger partial charge is 0.314 e. The van der Waals surface area contributed by atoms with E-state index < -0.39 is 0 Å². The van der Waals surface area contributed by atoms with Crippen LogP contribution in [0.5, 0.6) is 0 Å². The summed E-state index contributed by atoms with van der Waals surface area (Å²) >= 11 is 0. The molecule has 0 radical (unpaired) electrons. The van der Waals surface area contributed by atoms with Crippen LogP contribution in [0.15, 0.2) is 0 Å². The second kappa shape index (κ2) is 7.67. The fourth-order valence-corrected chi connectivity index (χ4v) is 4.13. The van der Waals surface area contributed by atoms with Gasteiger partial charge in [-0.25, -0.2) is 0 Å². The fourth-order valence-electron chi connectivity index (χ4n) is 4.13. The SMILES string of the molecule is CC1CCC(CCNC2CCCC(C(C)C)C2)CC1. The van der Waals surface area contributed by atoms with Gasteiger partial charge in [0, 0.05) is 6.04 Å². The van der Waals surface area contributed by atoms with Crippen molar-refractivity contribution in [1.82, 2.24) is 5.32 Å². The Morgan fingerprint density at radius 2 is 1.74 bits per heavy atom. The van der Waals surface area contributed by atoms with Gasteiger partial charge in [-0.15, -0.1) is 0 Å². The molecule has 1 heteroatoms. The smallest absolute Gasteiger partial charge is 0.00698 e. The highest BCUT2D eigenvalue weighted by molar-refractivity contribution is 4.80. The van der Waals surface area contributed by atoms with Crippen molar-refractivity contribution in [3.05, 3.63) is 0 Å². The van der Waals surface area contributed by atoms with Crippen LogP contribution in [0.25, 0.3) is 0 Å². The van der Waals surface area contributed by atoms with Crippen molar-refractivity contribution in [1.29, 1.82) is 0 Å². The van der Waals surface area contributed by atoms with Gasteiger partial charge in [-0.1, -0.05) is 59.3 Å². The van der Waals surface area contributed by atoms with Crippen molar-refractivity contribution in [2.24, 2.45) is 23.7 Å². The first-order valence-electron chi connectivity index (χ1n) is 8.88. The minimum atomic E-state index is 0.823. The molecular formula is C18H35N. The second-order valence-electron chi connectivity index (χ2n) is 7.74. The van der Waals surface area contributed by atoms with Crippen molar-refractivity contribution in [2.45, 2.75) is 84.6 Å². The van der Waals surface area contributed by atoms with E-state index in [0.717, 1.165) is 29.7 Å². The summed E-state index contributed by atoms with van der Waals surface area (Å²) < 4.78 is 0. The maximum absolute atomic E-state index is 3.86. The Morgan fingerprint density at radius 1 is 1.00 bits per heavy atom. The van der Waals surface area contributed by atoms with E-state index in [-0.39, 0.29) is 0 Å². The Kier molecular flexibility index (Phi) is 6.19. The molecule has 2 saturated carbocycles. The van der Waals surface area contributed by atoms with Crippen molar-refractivity contribution in [3.8, 4) is 0 Å². The average Bonchev–Trinajstić information content (AvgIpc) is 2.41. The van der Waals surface area contributed by atoms with Gasteiger partial charge >= 0.3 is 0 Å². The third kappa shape index (κ3) is 5.10. The lowest BCUT2D eigenvalue weighted by Gasteiger charge is -2.33. The molecule has 19 heavy (non-hydrogen) atoms. The average molecular weight is 265 g/mol. The Morgan fingerprint density at radius 3 is 2.42 bits per heavy atom. The third-order valence-corrected chi connectivity index (χ3v) is 5.78. The summed E-state index contributed by atoms with van der Waals surface area (Å²) in [5.41, 5.74) is 0. The van der Waals surface area contributed by atoms with E-state index in [1.807, 2.05) is 0 Å². The number of hydrogen-bond donors (Lipinski definition) is 1. The van der Waals surface area contributed by atoms with E-state index in [1.165, 1.54) is 64.3 Å². The molecule has 2 atom stereocenters. The molecule has 1 N–H and O–H groups in total. The van der Waals surface area contributed by atoms with Crippen LogP contribution < -0.4 is 5.32 Å². The standard InChI is InChI=1S/C18H35N/c1-14(2)17-5-4-6-18(13-17)19-12-11-16-9-7-15(3)8-10-16/h14-19H,4-13H2,1-3H3. The molecule has 2 unspecified atom stereocenters. The van der Waals surface area contributed by atoms with Crippen molar-refractivity contribution in [3.63, 3.8) is 0 Å². The van der Waals surface area contributed by atoms with Gasteiger partial charge in [0.2, 0.25) is 0 Å². The molecular weight excluding hydrogens is 230 g/mol. The van der Waals surface area contributed by atoms with Crippen LogP contribution in [0.3, 0.4) is 0 Å². The van der Waals surface area contributed by atoms with Crippen LogP contribution in [0, 0.1) is 23.7 Å². The van der Waals surface area contributed by atoms with Crippen LogP contribution in [0.2, 0.25) is 0 Å². The molecule has 2 fully saturated rings. The van der Waals surface area contributed by atoms with Gasteiger partial charge < -0.3 is 5.32 Å². The summed E-state index contributed by atoms with van der Waals surface area (Å²) in [4.78, 5) is 0. The quantitative estimate of drug-likeness (QED) is 0.737. The zero-order valence-corrected chi connectivity index (χ0v) is 13.5. The van der Waals surface area contributed by atoms with Crippen molar-refractivity contribution < 1.29 is 0 Å². The van der Waals surface area contributed by atoms with Gasteiger partial charge in [0.05, 0.1) is 0 Å². The number of nitrogens with one attached hydrogen (secondary N) is 1. The zero-order valence-electron chi connectivity index (χ0n) is 13.5. The highest BCUT2D eigenvalue weighted by Gasteiger charge is 2.24. The van der Waals surface area contributed by atoms with E-state index in [0.29, 0.717) is 0 Å². The normalized spacial score (nSPS) is 36.6. The Hall–Kier alpha value is -0.0400. The minimum Gasteiger partial charge on any atom is -0.314 e. The van der Waals surface area contributed by atoms with Crippen LogP contribution in [-0.2, 0) is 0 Å². The molecule has 0 aromatic rings. The van der Waals surface area contributed by atoms with E-state index >= 15 is 0 Å². The van der Waals surface area contributed by atoms with Crippen molar-refractivity contribution in [2.75, 3.05) is 6.54 Å². The van der Waals surface area contributed by atoms with Crippen molar-refractivity contribution >= 4 is 0 Å². The lowest BCUT2D eigenvalue weighted by atomic mass is 9.79. The summed E-state index contributed by atoms with van der Waals surface area (Å²) in [5, 5.41) is 3.86. The number of rotatable bonds is 5. The van der Waals surface area contributed by atoms with Gasteiger partial charge in [0.1, 0.15) is 0 Å². The molecule has 0 spiro atoms. The first kappa shape index (κ1) is 15.4. The molecule has 2 aliphatic carbocycles. The van der Waals surface area contributed by atoms with Crippen LogP contribution in [-0.4, -0.2) is 12.6 Å². The van der Waals surface area contributed by atoms with E-state index in [9.17, 15) is 0 Å². The molecule has 1 nitrogen and oxygen atoms in total. The molecule has 2 aliphatic rings. The summed E-state index contributed by atoms with van der Waals surface area (Å²) in [5.74, 6) is 3.87. The van der Waals surface area contributed by atoms with Gasteiger partial charge in [-0.05, 0) is 49.5 Å².